The molecule has 0 aliphatic heterocycles. The van der Waals surface area contributed by atoms with Crippen LogP contribution in [0.4, 0.5) is 4.39 Å². The summed E-state index contributed by atoms with van der Waals surface area (Å²) >= 11 is 0. The molecule has 4 rings (SSSR count). The first kappa shape index (κ1) is 20.7. The molecule has 1 N–H and O–H groups in total. The van der Waals surface area contributed by atoms with Crippen molar-refractivity contribution in [1.82, 2.24) is 10.3 Å². The molecule has 1 amide bonds. The van der Waals surface area contributed by atoms with Crippen LogP contribution in [-0.2, 0) is 24.2 Å². The van der Waals surface area contributed by atoms with Crippen LogP contribution in [0.1, 0.15) is 46.3 Å². The predicted octanol–water partition coefficient (Wildman–Crippen LogP) is 4.78. The van der Waals surface area contributed by atoms with E-state index in [9.17, 15) is 14.0 Å². The van der Waals surface area contributed by atoms with E-state index >= 15 is 0 Å². The fourth-order valence-corrected chi connectivity index (χ4v) is 3.65. The fraction of sp³-hybridized carbons (Fsp3) is 0.240. The minimum Gasteiger partial charge on any atom is -0.439 e. The van der Waals surface area contributed by atoms with Crippen molar-refractivity contribution >= 4 is 11.7 Å². The molecule has 0 fully saturated rings. The van der Waals surface area contributed by atoms with E-state index in [1.807, 2.05) is 18.2 Å². The molecule has 1 aliphatic rings. The summed E-state index contributed by atoms with van der Waals surface area (Å²) in [4.78, 5) is 28.8. The van der Waals surface area contributed by atoms with Gasteiger partial charge in [0.05, 0.1) is 0 Å². The zero-order chi connectivity index (χ0) is 21.6. The van der Waals surface area contributed by atoms with Crippen molar-refractivity contribution in [3.05, 3.63) is 88.9 Å². The number of aromatic nitrogens is 1. The highest BCUT2D eigenvalue weighted by Crippen LogP contribution is 2.23. The second kappa shape index (κ2) is 9.51. The first-order valence-corrected chi connectivity index (χ1v) is 10.4. The lowest BCUT2D eigenvalue weighted by atomic mass is 10.0. The summed E-state index contributed by atoms with van der Waals surface area (Å²) in [6.45, 7) is 0.300. The monoisotopic (exact) mass is 418 g/mol. The Kier molecular flexibility index (Phi) is 6.36. The third-order valence-corrected chi connectivity index (χ3v) is 5.32. The van der Waals surface area contributed by atoms with E-state index in [4.69, 9.17) is 4.74 Å². The first-order valence-electron chi connectivity index (χ1n) is 10.4. The van der Waals surface area contributed by atoms with Crippen LogP contribution in [0.2, 0.25) is 0 Å². The van der Waals surface area contributed by atoms with Gasteiger partial charge in [0, 0.05) is 37.2 Å². The average Bonchev–Trinajstić information content (AvgIpc) is 3.26. The summed E-state index contributed by atoms with van der Waals surface area (Å²) in [5.41, 5.74) is 4.08. The zero-order valence-electron chi connectivity index (χ0n) is 17.1. The van der Waals surface area contributed by atoms with Gasteiger partial charge in [-0.3, -0.25) is 9.59 Å². The number of hydrogen-bond acceptors (Lipinski definition) is 4. The summed E-state index contributed by atoms with van der Waals surface area (Å²) in [5, 5.41) is 2.82. The molecule has 31 heavy (non-hydrogen) atoms. The van der Waals surface area contributed by atoms with Crippen molar-refractivity contribution in [3.63, 3.8) is 0 Å². The average molecular weight is 418 g/mol. The highest BCUT2D eigenvalue weighted by Gasteiger charge is 2.15. The van der Waals surface area contributed by atoms with Crippen LogP contribution < -0.4 is 10.1 Å². The summed E-state index contributed by atoms with van der Waals surface area (Å²) in [5.74, 6) is 0.285. The number of benzene rings is 2. The summed E-state index contributed by atoms with van der Waals surface area (Å²) in [7, 11) is 0. The Balaban J connectivity index is 1.26. The van der Waals surface area contributed by atoms with Gasteiger partial charge in [0.15, 0.2) is 5.78 Å². The molecule has 0 saturated heterocycles. The molecule has 0 bridgehead atoms. The summed E-state index contributed by atoms with van der Waals surface area (Å²) in [6, 6.07) is 15.0. The molecule has 2 aromatic carbocycles. The maximum atomic E-state index is 13.0. The van der Waals surface area contributed by atoms with E-state index in [-0.39, 0.29) is 30.3 Å². The van der Waals surface area contributed by atoms with E-state index in [1.165, 1.54) is 35.4 Å². The smallest absolute Gasteiger partial charge is 0.220 e. The number of aryl methyl sites for hydroxylation is 2. The van der Waals surface area contributed by atoms with Crippen molar-refractivity contribution in [2.24, 2.45) is 0 Å². The largest absolute Gasteiger partial charge is 0.439 e. The number of amides is 1. The highest BCUT2D eigenvalue weighted by molar-refractivity contribution is 5.98. The van der Waals surface area contributed by atoms with Crippen molar-refractivity contribution in [3.8, 4) is 11.6 Å². The molecule has 0 saturated carbocycles. The van der Waals surface area contributed by atoms with Gasteiger partial charge in [0.1, 0.15) is 11.6 Å². The Morgan fingerprint density at radius 2 is 1.77 bits per heavy atom. The molecule has 0 unspecified atom stereocenters. The minimum atomic E-state index is -0.341. The normalized spacial score (nSPS) is 12.3. The number of ether oxygens (including phenoxy) is 1. The Morgan fingerprint density at radius 1 is 0.968 bits per heavy atom. The number of nitrogens with one attached hydrogen (secondary N) is 1. The Labute approximate surface area is 180 Å². The number of ketones is 1. The van der Waals surface area contributed by atoms with Gasteiger partial charge in [0.2, 0.25) is 11.8 Å². The van der Waals surface area contributed by atoms with Crippen molar-refractivity contribution in [1.29, 1.82) is 0 Å². The predicted molar refractivity (Wildman–Crippen MR) is 115 cm³/mol. The number of fused-ring (bicyclic) bond motifs is 1. The van der Waals surface area contributed by atoms with Crippen molar-refractivity contribution < 1.29 is 18.7 Å². The zero-order valence-corrected chi connectivity index (χ0v) is 17.1. The lowest BCUT2D eigenvalue weighted by Crippen LogP contribution is -2.23. The van der Waals surface area contributed by atoms with E-state index in [1.54, 1.807) is 18.3 Å². The molecule has 0 atom stereocenters. The molecule has 1 aliphatic carbocycles. The number of nitrogens with zero attached hydrogens (tertiary/aromatic N) is 1. The molecule has 6 heteroatoms. The van der Waals surface area contributed by atoms with Gasteiger partial charge >= 0.3 is 0 Å². The quantitative estimate of drug-likeness (QED) is 0.535. The number of carbonyl (C=O) groups is 2. The van der Waals surface area contributed by atoms with E-state index < -0.39 is 0 Å². The van der Waals surface area contributed by atoms with Gasteiger partial charge < -0.3 is 10.1 Å². The van der Waals surface area contributed by atoms with Crippen LogP contribution in [0.5, 0.6) is 11.6 Å². The van der Waals surface area contributed by atoms with Crippen LogP contribution in [0.15, 0.2) is 60.8 Å². The first-order chi connectivity index (χ1) is 15.1. The number of halogens is 1. The number of hydrogen-bond donors (Lipinski definition) is 1. The SMILES string of the molecule is O=C(CCC(=O)c1ccc2c(c1)CCC2)NCc1ccnc(Oc2ccc(F)cc2)c1. The Morgan fingerprint density at radius 3 is 2.61 bits per heavy atom. The van der Waals surface area contributed by atoms with Crippen molar-refractivity contribution in [2.75, 3.05) is 0 Å². The molecular weight excluding hydrogens is 395 g/mol. The second-order valence-electron chi connectivity index (χ2n) is 7.60. The number of carbonyl (C=O) groups excluding carboxylic acids is 2. The summed E-state index contributed by atoms with van der Waals surface area (Å²) in [6.07, 6.45) is 5.15. The summed E-state index contributed by atoms with van der Waals surface area (Å²) < 4.78 is 18.6. The minimum absolute atomic E-state index is 0.0104. The van der Waals surface area contributed by atoms with Crippen LogP contribution in [0.25, 0.3) is 0 Å². The van der Waals surface area contributed by atoms with Gasteiger partial charge in [0.25, 0.3) is 0 Å². The number of Topliss-reactive ketones (excluding diaryl/α,β-unsaturated/α-hetero) is 1. The standard InChI is InChI=1S/C25H23FN2O3/c26-21-6-8-22(9-7-21)31-25-14-17(12-13-27-25)16-28-24(30)11-10-23(29)20-5-4-18-2-1-3-19(18)15-20/h4-9,12-15H,1-3,10-11,16H2,(H,28,30). The lowest BCUT2D eigenvalue weighted by Gasteiger charge is -2.08. The topological polar surface area (TPSA) is 68.3 Å². The van der Waals surface area contributed by atoms with Crippen LogP contribution in [-0.4, -0.2) is 16.7 Å². The maximum Gasteiger partial charge on any atom is 0.220 e. The maximum absolute atomic E-state index is 13.0. The van der Waals surface area contributed by atoms with Gasteiger partial charge in [-0.2, -0.15) is 0 Å². The van der Waals surface area contributed by atoms with Gasteiger partial charge in [-0.05, 0) is 72.4 Å². The molecular formula is C25H23FN2O3. The van der Waals surface area contributed by atoms with E-state index in [0.717, 1.165) is 24.8 Å². The van der Waals surface area contributed by atoms with E-state index in [2.05, 4.69) is 10.3 Å². The van der Waals surface area contributed by atoms with Crippen molar-refractivity contribution in [2.45, 2.75) is 38.6 Å². The molecule has 1 aromatic heterocycles. The Hall–Kier alpha value is -3.54. The van der Waals surface area contributed by atoms with Crippen LogP contribution in [0.3, 0.4) is 0 Å². The van der Waals surface area contributed by atoms with E-state index in [0.29, 0.717) is 23.7 Å². The molecule has 5 nitrogen and oxygen atoms in total. The van der Waals surface area contributed by atoms with Gasteiger partial charge in [-0.15, -0.1) is 0 Å². The molecule has 0 radical (unpaired) electrons. The van der Waals surface area contributed by atoms with Gasteiger partial charge in [-0.1, -0.05) is 12.1 Å². The number of pyridine rings is 1. The fourth-order valence-electron chi connectivity index (χ4n) is 3.65. The molecule has 1 heterocycles. The molecule has 158 valence electrons. The molecule has 3 aromatic rings. The van der Waals surface area contributed by atoms with Gasteiger partial charge in [-0.25, -0.2) is 9.37 Å². The third kappa shape index (κ3) is 5.54. The third-order valence-electron chi connectivity index (χ3n) is 5.32. The van der Waals surface area contributed by atoms with Crippen LogP contribution in [0, 0.1) is 5.82 Å². The molecule has 0 spiro atoms. The Bertz CT molecular complexity index is 1100. The lowest BCUT2D eigenvalue weighted by molar-refractivity contribution is -0.121. The van der Waals surface area contributed by atoms with Crippen LogP contribution >= 0.6 is 0 Å². The number of rotatable bonds is 8. The highest BCUT2D eigenvalue weighted by atomic mass is 19.1. The second-order valence-corrected chi connectivity index (χ2v) is 7.60.